The van der Waals surface area contributed by atoms with E-state index in [2.05, 4.69) is 10.9 Å². The largest absolute Gasteiger partial charge is 0.483 e. The van der Waals surface area contributed by atoms with Crippen LogP contribution in [0.5, 0.6) is 11.5 Å². The highest BCUT2D eigenvalue weighted by atomic mass is 35.5. The summed E-state index contributed by atoms with van der Waals surface area (Å²) in [5.74, 6) is -0.604. The van der Waals surface area contributed by atoms with Crippen LogP contribution in [0.15, 0.2) is 36.4 Å². The van der Waals surface area contributed by atoms with Crippen molar-refractivity contribution in [3.8, 4) is 11.5 Å². The summed E-state index contributed by atoms with van der Waals surface area (Å²) in [6.07, 6.45) is 0. The van der Waals surface area contributed by atoms with E-state index in [9.17, 15) is 14.0 Å². The number of hydrogen-bond donors (Lipinski definition) is 2. The lowest BCUT2D eigenvalue weighted by Crippen LogP contribution is -2.45. The maximum Gasteiger partial charge on any atom is 0.276 e. The average Bonchev–Trinajstić information content (AvgIpc) is 2.63. The van der Waals surface area contributed by atoms with Gasteiger partial charge < -0.3 is 9.47 Å². The molecule has 8 heteroatoms. The molecule has 0 radical (unpaired) electrons. The van der Waals surface area contributed by atoms with Gasteiger partial charge in [0.25, 0.3) is 11.8 Å². The number of hydrazine groups is 1. The van der Waals surface area contributed by atoms with Crippen LogP contribution in [0, 0.1) is 12.7 Å². The van der Waals surface area contributed by atoms with Crippen molar-refractivity contribution in [2.75, 3.05) is 13.2 Å². The highest BCUT2D eigenvalue weighted by molar-refractivity contribution is 6.32. The monoisotopic (exact) mass is 408 g/mol. The molecule has 150 valence electrons. The molecule has 0 bridgehead atoms. The number of benzene rings is 2. The number of halogens is 2. The van der Waals surface area contributed by atoms with Gasteiger partial charge in [0.05, 0.1) is 5.02 Å². The molecular formula is C20H22ClFN2O4. The lowest BCUT2D eigenvalue weighted by Gasteiger charge is -2.15. The maximum absolute atomic E-state index is 13.0. The Morgan fingerprint density at radius 1 is 1.00 bits per heavy atom. The van der Waals surface area contributed by atoms with Gasteiger partial charge in [-0.05, 0) is 48.2 Å². The molecule has 0 aromatic heterocycles. The average molecular weight is 409 g/mol. The van der Waals surface area contributed by atoms with E-state index in [0.717, 1.165) is 23.3 Å². The molecule has 0 spiro atoms. The predicted molar refractivity (Wildman–Crippen MR) is 104 cm³/mol. The fraction of sp³-hybridized carbons (Fsp3) is 0.300. The number of amides is 2. The third kappa shape index (κ3) is 6.42. The Hall–Kier alpha value is -2.80. The maximum atomic E-state index is 13.0. The smallest absolute Gasteiger partial charge is 0.276 e. The molecule has 0 aliphatic rings. The Balaban J connectivity index is 1.78. The summed E-state index contributed by atoms with van der Waals surface area (Å²) >= 11 is 5.80. The number of ether oxygens (including phenoxy) is 2. The highest BCUT2D eigenvalue weighted by Crippen LogP contribution is 2.27. The van der Waals surface area contributed by atoms with E-state index in [0.29, 0.717) is 5.75 Å². The van der Waals surface area contributed by atoms with E-state index >= 15 is 0 Å². The number of nitrogens with one attached hydrogen (secondary N) is 2. The Morgan fingerprint density at radius 2 is 1.61 bits per heavy atom. The molecule has 2 rings (SSSR count). The summed E-state index contributed by atoms with van der Waals surface area (Å²) in [5, 5.41) is 0.0457. The number of aryl methyl sites for hydroxylation is 1. The first-order valence-corrected chi connectivity index (χ1v) is 9.03. The van der Waals surface area contributed by atoms with E-state index < -0.39 is 24.2 Å². The normalized spacial score (nSPS) is 10.5. The van der Waals surface area contributed by atoms with Gasteiger partial charge in [-0.15, -0.1) is 0 Å². The number of rotatable bonds is 7. The molecule has 2 aromatic carbocycles. The Morgan fingerprint density at radius 3 is 2.18 bits per heavy atom. The van der Waals surface area contributed by atoms with Gasteiger partial charge in [-0.25, -0.2) is 4.39 Å². The van der Waals surface area contributed by atoms with Crippen LogP contribution in [0.3, 0.4) is 0 Å². The predicted octanol–water partition coefficient (Wildman–Crippen LogP) is 3.52. The SMILES string of the molecule is Cc1ccc(C(C)C)c(OCC(=O)NNC(=O)COc2ccc(F)cc2Cl)c1. The lowest BCUT2D eigenvalue weighted by molar-refractivity contribution is -0.131. The minimum atomic E-state index is -0.604. The third-order valence-electron chi connectivity index (χ3n) is 3.74. The number of carbonyl (C=O) groups is 2. The van der Waals surface area contributed by atoms with Crippen LogP contribution >= 0.6 is 11.6 Å². The van der Waals surface area contributed by atoms with Gasteiger partial charge in [0.15, 0.2) is 13.2 Å². The molecule has 0 aliphatic heterocycles. The van der Waals surface area contributed by atoms with Gasteiger partial charge in [-0.2, -0.15) is 0 Å². The van der Waals surface area contributed by atoms with Crippen molar-refractivity contribution in [2.24, 2.45) is 0 Å². The quantitative estimate of drug-likeness (QED) is 0.687. The van der Waals surface area contributed by atoms with Gasteiger partial charge in [0, 0.05) is 0 Å². The van der Waals surface area contributed by atoms with E-state index in [4.69, 9.17) is 21.1 Å². The van der Waals surface area contributed by atoms with Gasteiger partial charge in [0.1, 0.15) is 17.3 Å². The molecule has 0 atom stereocenters. The van der Waals surface area contributed by atoms with Crippen molar-refractivity contribution in [1.29, 1.82) is 0 Å². The fourth-order valence-corrected chi connectivity index (χ4v) is 2.56. The molecule has 2 aromatic rings. The molecule has 0 aliphatic carbocycles. The van der Waals surface area contributed by atoms with Crippen LogP contribution in [0.25, 0.3) is 0 Å². The molecule has 28 heavy (non-hydrogen) atoms. The highest BCUT2D eigenvalue weighted by Gasteiger charge is 2.12. The molecular weight excluding hydrogens is 387 g/mol. The van der Waals surface area contributed by atoms with E-state index in [1.54, 1.807) is 0 Å². The van der Waals surface area contributed by atoms with E-state index in [-0.39, 0.29) is 23.3 Å². The van der Waals surface area contributed by atoms with Crippen LogP contribution in [-0.2, 0) is 9.59 Å². The molecule has 0 saturated carbocycles. The summed E-state index contributed by atoms with van der Waals surface area (Å²) < 4.78 is 23.7. The van der Waals surface area contributed by atoms with E-state index in [1.807, 2.05) is 39.0 Å². The molecule has 0 unspecified atom stereocenters. The van der Waals surface area contributed by atoms with Crippen LogP contribution in [0.1, 0.15) is 30.9 Å². The number of hydrogen-bond acceptors (Lipinski definition) is 4. The minimum Gasteiger partial charge on any atom is -0.483 e. The minimum absolute atomic E-state index is 0.0457. The third-order valence-corrected chi connectivity index (χ3v) is 4.04. The molecule has 2 amide bonds. The van der Waals surface area contributed by atoms with Gasteiger partial charge in [-0.3, -0.25) is 20.4 Å². The second-order valence-electron chi connectivity index (χ2n) is 6.44. The van der Waals surface area contributed by atoms with Crippen LogP contribution in [0.4, 0.5) is 4.39 Å². The lowest BCUT2D eigenvalue weighted by atomic mass is 10.0. The topological polar surface area (TPSA) is 76.7 Å². The second kappa shape index (κ2) is 9.94. The molecule has 0 heterocycles. The molecule has 2 N–H and O–H groups in total. The first kappa shape index (κ1) is 21.5. The Labute approximate surface area is 167 Å². The summed E-state index contributed by atoms with van der Waals surface area (Å²) in [6.45, 7) is 5.34. The van der Waals surface area contributed by atoms with Crippen LogP contribution in [-0.4, -0.2) is 25.0 Å². The summed E-state index contributed by atoms with van der Waals surface area (Å²) in [4.78, 5) is 23.7. The zero-order chi connectivity index (χ0) is 20.7. The van der Waals surface area contributed by atoms with Gasteiger partial charge in [0.2, 0.25) is 0 Å². The Kier molecular flexibility index (Phi) is 7.63. The van der Waals surface area contributed by atoms with Crippen LogP contribution in [0.2, 0.25) is 5.02 Å². The molecule has 6 nitrogen and oxygen atoms in total. The standard InChI is InChI=1S/C20H22ClFN2O4/c1-12(2)15-6-4-13(3)8-18(15)28-11-20(26)24-23-19(25)10-27-17-7-5-14(22)9-16(17)21/h4-9,12H,10-11H2,1-3H3,(H,23,25)(H,24,26). The van der Waals surface area contributed by atoms with E-state index in [1.165, 1.54) is 6.07 Å². The first-order valence-electron chi connectivity index (χ1n) is 8.65. The fourth-order valence-electron chi connectivity index (χ4n) is 2.33. The summed E-state index contributed by atoms with van der Waals surface area (Å²) in [6, 6.07) is 9.36. The van der Waals surface area contributed by atoms with Crippen molar-refractivity contribution in [3.63, 3.8) is 0 Å². The Bertz CT molecular complexity index is 858. The summed E-state index contributed by atoms with van der Waals surface area (Å²) in [7, 11) is 0. The molecule has 0 fully saturated rings. The zero-order valence-corrected chi connectivity index (χ0v) is 16.6. The van der Waals surface area contributed by atoms with Crippen molar-refractivity contribution >= 4 is 23.4 Å². The van der Waals surface area contributed by atoms with Crippen molar-refractivity contribution in [2.45, 2.75) is 26.7 Å². The van der Waals surface area contributed by atoms with Crippen molar-refractivity contribution in [3.05, 3.63) is 58.4 Å². The molecule has 0 saturated heterocycles. The number of carbonyl (C=O) groups excluding carboxylic acids is 2. The van der Waals surface area contributed by atoms with Crippen molar-refractivity contribution in [1.82, 2.24) is 10.9 Å². The second-order valence-corrected chi connectivity index (χ2v) is 6.85. The van der Waals surface area contributed by atoms with Gasteiger partial charge in [-0.1, -0.05) is 37.6 Å². The van der Waals surface area contributed by atoms with Gasteiger partial charge >= 0.3 is 0 Å². The first-order chi connectivity index (χ1) is 13.3. The zero-order valence-electron chi connectivity index (χ0n) is 15.8. The van der Waals surface area contributed by atoms with Crippen molar-refractivity contribution < 1.29 is 23.5 Å². The summed E-state index contributed by atoms with van der Waals surface area (Å²) in [5.41, 5.74) is 6.46. The van der Waals surface area contributed by atoms with Crippen LogP contribution < -0.4 is 20.3 Å².